The summed E-state index contributed by atoms with van der Waals surface area (Å²) in [5, 5.41) is 0. The molecule has 0 aliphatic rings. The summed E-state index contributed by atoms with van der Waals surface area (Å²) in [6.45, 7) is 5.91. The van der Waals surface area contributed by atoms with E-state index in [0.717, 1.165) is 32.2 Å². The summed E-state index contributed by atoms with van der Waals surface area (Å²) in [5.74, 6) is 0. The lowest BCUT2D eigenvalue weighted by Gasteiger charge is -2.30. The van der Waals surface area contributed by atoms with Crippen LogP contribution in [0.25, 0.3) is 0 Å². The van der Waals surface area contributed by atoms with Gasteiger partial charge in [-0.05, 0) is 25.5 Å². The molecule has 94 valence electrons. The molecular formula is C15H23NO. The Morgan fingerprint density at radius 1 is 1.18 bits per heavy atom. The zero-order chi connectivity index (χ0) is 12.7. The van der Waals surface area contributed by atoms with E-state index < -0.39 is 0 Å². The van der Waals surface area contributed by atoms with Crippen molar-refractivity contribution in [3.8, 4) is 0 Å². The van der Waals surface area contributed by atoms with Crippen molar-refractivity contribution in [2.75, 3.05) is 13.6 Å². The number of hydrogen-bond donors (Lipinski definition) is 0. The van der Waals surface area contributed by atoms with Gasteiger partial charge in [-0.2, -0.15) is 0 Å². The minimum Gasteiger partial charge on any atom is -0.303 e. The number of aldehydes is 1. The second kappa shape index (κ2) is 6.55. The van der Waals surface area contributed by atoms with E-state index in [1.54, 1.807) is 0 Å². The molecule has 0 fully saturated rings. The zero-order valence-electron chi connectivity index (χ0n) is 11.1. The normalized spacial score (nSPS) is 11.8. The molecule has 0 saturated carbocycles. The second-order valence-corrected chi connectivity index (χ2v) is 4.85. The van der Waals surface area contributed by atoms with Crippen LogP contribution in [0.2, 0.25) is 0 Å². The summed E-state index contributed by atoms with van der Waals surface area (Å²) in [5.41, 5.74) is 1.12. The predicted molar refractivity (Wildman–Crippen MR) is 71.9 cm³/mol. The average molecular weight is 233 g/mol. The summed E-state index contributed by atoms with van der Waals surface area (Å²) in [6, 6.07) is 10.4. The van der Waals surface area contributed by atoms with Gasteiger partial charge in [0.15, 0.2) is 0 Å². The summed E-state index contributed by atoms with van der Waals surface area (Å²) < 4.78 is 0. The van der Waals surface area contributed by atoms with E-state index in [4.69, 9.17) is 0 Å². The van der Waals surface area contributed by atoms with Gasteiger partial charge < -0.3 is 9.69 Å². The minimum absolute atomic E-state index is 0.177. The van der Waals surface area contributed by atoms with Crippen LogP contribution in [-0.4, -0.2) is 24.8 Å². The first-order chi connectivity index (χ1) is 8.15. The Bertz CT molecular complexity index is 330. The molecule has 0 heterocycles. The van der Waals surface area contributed by atoms with Crippen molar-refractivity contribution in [1.29, 1.82) is 0 Å². The third-order valence-corrected chi connectivity index (χ3v) is 3.54. The van der Waals surface area contributed by atoms with Crippen LogP contribution >= 0.6 is 0 Å². The van der Waals surface area contributed by atoms with Gasteiger partial charge in [-0.15, -0.1) is 0 Å². The van der Waals surface area contributed by atoms with Gasteiger partial charge in [-0.25, -0.2) is 0 Å². The molecule has 2 nitrogen and oxygen atoms in total. The molecule has 0 N–H and O–H groups in total. The zero-order valence-corrected chi connectivity index (χ0v) is 11.1. The fraction of sp³-hybridized carbons (Fsp3) is 0.533. The maximum Gasteiger partial charge on any atom is 0.127 e. The van der Waals surface area contributed by atoms with Crippen molar-refractivity contribution in [2.45, 2.75) is 33.2 Å². The first kappa shape index (κ1) is 13.9. The van der Waals surface area contributed by atoms with Crippen LogP contribution in [-0.2, 0) is 11.3 Å². The largest absolute Gasteiger partial charge is 0.303 e. The smallest absolute Gasteiger partial charge is 0.127 e. The Kier molecular flexibility index (Phi) is 5.36. The summed E-state index contributed by atoms with van der Waals surface area (Å²) in [6.07, 6.45) is 2.95. The van der Waals surface area contributed by atoms with Gasteiger partial charge in [0.2, 0.25) is 0 Å². The third kappa shape index (κ3) is 3.97. The van der Waals surface area contributed by atoms with E-state index in [-0.39, 0.29) is 5.41 Å². The Balaban J connectivity index is 2.59. The highest BCUT2D eigenvalue weighted by molar-refractivity contribution is 5.59. The molecule has 0 aliphatic carbocycles. The number of carbonyl (C=O) groups is 1. The molecule has 0 radical (unpaired) electrons. The highest BCUT2D eigenvalue weighted by Crippen LogP contribution is 2.24. The molecule has 1 aromatic rings. The van der Waals surface area contributed by atoms with E-state index in [0.29, 0.717) is 0 Å². The van der Waals surface area contributed by atoms with Crippen LogP contribution in [0.1, 0.15) is 32.3 Å². The lowest BCUT2D eigenvalue weighted by atomic mass is 9.83. The van der Waals surface area contributed by atoms with Gasteiger partial charge in [-0.3, -0.25) is 0 Å². The summed E-state index contributed by atoms with van der Waals surface area (Å²) >= 11 is 0. The first-order valence-electron chi connectivity index (χ1n) is 6.34. The van der Waals surface area contributed by atoms with Crippen LogP contribution in [0.5, 0.6) is 0 Å². The number of benzene rings is 1. The van der Waals surface area contributed by atoms with Crippen molar-refractivity contribution in [3.05, 3.63) is 35.9 Å². The van der Waals surface area contributed by atoms with Crippen LogP contribution in [0.15, 0.2) is 30.3 Å². The van der Waals surface area contributed by atoms with Crippen molar-refractivity contribution in [3.63, 3.8) is 0 Å². The number of hydrogen-bond acceptors (Lipinski definition) is 2. The number of rotatable bonds is 7. The number of carbonyl (C=O) groups excluding carboxylic acids is 1. The first-order valence-corrected chi connectivity index (χ1v) is 6.34. The molecule has 0 aromatic heterocycles. The fourth-order valence-electron chi connectivity index (χ4n) is 2.17. The minimum atomic E-state index is -0.177. The molecule has 0 unspecified atom stereocenters. The number of nitrogens with zero attached hydrogens (tertiary/aromatic N) is 1. The van der Waals surface area contributed by atoms with Crippen LogP contribution in [0.3, 0.4) is 0 Å². The fourth-order valence-corrected chi connectivity index (χ4v) is 2.17. The van der Waals surface area contributed by atoms with E-state index in [2.05, 4.69) is 50.1 Å². The van der Waals surface area contributed by atoms with Crippen molar-refractivity contribution in [2.24, 2.45) is 5.41 Å². The molecule has 0 amide bonds. The summed E-state index contributed by atoms with van der Waals surface area (Å²) in [4.78, 5) is 13.5. The lowest BCUT2D eigenvalue weighted by Crippen LogP contribution is -2.35. The monoisotopic (exact) mass is 233 g/mol. The Hall–Kier alpha value is -1.15. The van der Waals surface area contributed by atoms with Crippen LogP contribution < -0.4 is 0 Å². The van der Waals surface area contributed by atoms with E-state index in [1.807, 2.05) is 6.07 Å². The Morgan fingerprint density at radius 3 is 2.24 bits per heavy atom. The molecule has 0 bridgehead atoms. The molecule has 17 heavy (non-hydrogen) atoms. The van der Waals surface area contributed by atoms with Gasteiger partial charge >= 0.3 is 0 Å². The standard InChI is InChI=1S/C15H23NO/c1-4-15(5-2,13-17)12-16(3)11-14-9-7-6-8-10-14/h6-10,13H,4-5,11-12H2,1-3H3. The topological polar surface area (TPSA) is 20.3 Å². The van der Waals surface area contributed by atoms with Gasteiger partial charge in [-0.1, -0.05) is 44.2 Å². The quantitative estimate of drug-likeness (QED) is 0.674. The summed E-state index contributed by atoms with van der Waals surface area (Å²) in [7, 11) is 2.08. The predicted octanol–water partition coefficient (Wildman–Crippen LogP) is 3.12. The van der Waals surface area contributed by atoms with Crippen LogP contribution in [0.4, 0.5) is 0 Å². The lowest BCUT2D eigenvalue weighted by molar-refractivity contribution is -0.117. The average Bonchev–Trinajstić information content (AvgIpc) is 2.37. The van der Waals surface area contributed by atoms with Crippen molar-refractivity contribution in [1.82, 2.24) is 4.90 Å². The molecule has 0 saturated heterocycles. The molecular weight excluding hydrogens is 210 g/mol. The molecule has 2 heteroatoms. The van der Waals surface area contributed by atoms with Crippen molar-refractivity contribution < 1.29 is 4.79 Å². The molecule has 0 atom stereocenters. The Labute approximate surface area is 105 Å². The Morgan fingerprint density at radius 2 is 1.76 bits per heavy atom. The molecule has 1 aromatic carbocycles. The van der Waals surface area contributed by atoms with E-state index in [9.17, 15) is 4.79 Å². The van der Waals surface area contributed by atoms with Gasteiger partial charge in [0.05, 0.1) is 0 Å². The molecule has 0 spiro atoms. The van der Waals surface area contributed by atoms with Crippen LogP contribution in [0, 0.1) is 5.41 Å². The van der Waals surface area contributed by atoms with E-state index >= 15 is 0 Å². The second-order valence-electron chi connectivity index (χ2n) is 4.85. The maximum absolute atomic E-state index is 11.3. The SMILES string of the molecule is CCC(C=O)(CC)CN(C)Cc1ccccc1. The highest BCUT2D eigenvalue weighted by Gasteiger charge is 2.26. The third-order valence-electron chi connectivity index (χ3n) is 3.54. The van der Waals surface area contributed by atoms with Gasteiger partial charge in [0.1, 0.15) is 6.29 Å². The maximum atomic E-state index is 11.3. The van der Waals surface area contributed by atoms with Gasteiger partial charge in [0.25, 0.3) is 0 Å². The molecule has 0 aliphatic heterocycles. The van der Waals surface area contributed by atoms with E-state index in [1.165, 1.54) is 5.56 Å². The van der Waals surface area contributed by atoms with Crippen molar-refractivity contribution >= 4 is 6.29 Å². The van der Waals surface area contributed by atoms with Gasteiger partial charge in [0, 0.05) is 18.5 Å². The highest BCUT2D eigenvalue weighted by atomic mass is 16.1. The molecule has 1 rings (SSSR count).